The van der Waals surface area contributed by atoms with Crippen LogP contribution < -0.4 is 0 Å². The SMILES string of the molecule is CC(C)(O)C(=O)O[C@]1(C)CO[C@@]23CC[C@@]4(C)[C@@](O)(CC[C@H]5Cc6c([nH]c7cc(Cl)ccc67)[C@@]54C)C2=CC(=O)[C@@H]1O3. The van der Waals surface area contributed by atoms with Gasteiger partial charge in [0.25, 0.3) is 0 Å². The molecule has 2 bridgehead atoms. The van der Waals surface area contributed by atoms with Gasteiger partial charge < -0.3 is 29.4 Å². The maximum absolute atomic E-state index is 13.6. The Morgan fingerprint density at radius 2 is 1.95 bits per heavy atom. The number of ketones is 1. The molecule has 0 radical (unpaired) electrons. The molecule has 1 aromatic carbocycles. The zero-order chi connectivity index (χ0) is 28.7. The molecule has 0 unspecified atom stereocenters. The maximum atomic E-state index is 13.6. The molecule has 2 saturated carbocycles. The Morgan fingerprint density at radius 1 is 1.20 bits per heavy atom. The van der Waals surface area contributed by atoms with Crippen LogP contribution in [0.1, 0.15) is 71.6 Å². The molecule has 1 saturated heterocycles. The van der Waals surface area contributed by atoms with Crippen molar-refractivity contribution in [2.45, 2.75) is 101 Å². The molecule has 9 heteroatoms. The average Bonchev–Trinajstić information content (AvgIpc) is 3.37. The van der Waals surface area contributed by atoms with Crippen LogP contribution in [0.5, 0.6) is 0 Å². The normalized spacial score (nSPS) is 42.0. The summed E-state index contributed by atoms with van der Waals surface area (Å²) in [4.78, 5) is 29.9. The van der Waals surface area contributed by atoms with Crippen LogP contribution in [0.25, 0.3) is 10.9 Å². The molecule has 3 aliphatic carbocycles. The van der Waals surface area contributed by atoms with Crippen molar-refractivity contribution in [1.82, 2.24) is 4.98 Å². The highest BCUT2D eigenvalue weighted by Crippen LogP contribution is 2.71. The van der Waals surface area contributed by atoms with Gasteiger partial charge in [-0.15, -0.1) is 0 Å². The maximum Gasteiger partial charge on any atom is 0.338 e. The predicted octanol–water partition coefficient (Wildman–Crippen LogP) is 4.27. The molecule has 7 atom stereocenters. The first kappa shape index (κ1) is 26.7. The molecular formula is C31H36ClNO7. The topological polar surface area (TPSA) is 118 Å². The van der Waals surface area contributed by atoms with E-state index in [2.05, 4.69) is 24.9 Å². The largest absolute Gasteiger partial charge is 0.451 e. The Bertz CT molecular complexity index is 1520. The van der Waals surface area contributed by atoms with Crippen molar-refractivity contribution in [3.05, 3.63) is 46.1 Å². The van der Waals surface area contributed by atoms with E-state index < -0.39 is 45.5 Å². The molecule has 1 spiro atoms. The van der Waals surface area contributed by atoms with Crippen LogP contribution in [0.15, 0.2) is 29.8 Å². The van der Waals surface area contributed by atoms with E-state index in [4.69, 9.17) is 25.8 Å². The number of hydrogen-bond donors (Lipinski definition) is 3. The number of hydrogen-bond acceptors (Lipinski definition) is 7. The lowest BCUT2D eigenvalue weighted by Gasteiger charge is -2.67. The Hall–Kier alpha value is -2.23. The third-order valence-electron chi connectivity index (χ3n) is 11.2. The molecule has 0 amide bonds. The van der Waals surface area contributed by atoms with Gasteiger partial charge in [-0.1, -0.05) is 31.5 Å². The lowest BCUT2D eigenvalue weighted by atomic mass is 9.42. The molecule has 8 nitrogen and oxygen atoms in total. The number of fused-ring (bicyclic) bond motifs is 9. The molecule has 3 N–H and O–H groups in total. The van der Waals surface area contributed by atoms with Crippen LogP contribution in [0.3, 0.4) is 0 Å². The van der Waals surface area contributed by atoms with Gasteiger partial charge in [0.15, 0.2) is 28.9 Å². The minimum absolute atomic E-state index is 0.0951. The smallest absolute Gasteiger partial charge is 0.338 e. The van der Waals surface area contributed by atoms with E-state index in [1.165, 1.54) is 30.9 Å². The van der Waals surface area contributed by atoms with Gasteiger partial charge >= 0.3 is 5.97 Å². The standard InChI is InChI=1S/C31H36ClNO7/c1-26(2,36)25(35)40-27(3)15-38-31-11-10-28(4)29(5)16(8-9-30(28,37)22(31)14-21(34)24(27)39-31)12-19-18-7-6-17(32)13-20(18)33-23(19)29/h6-7,13-14,16,24,33,36-37H,8-12,15H2,1-5H3/t16-,24-,27+,28+,29+,30+,31+/m0/s1. The summed E-state index contributed by atoms with van der Waals surface area (Å²) in [5.41, 5.74) is -1.63. The number of aliphatic hydroxyl groups is 2. The van der Waals surface area contributed by atoms with Gasteiger partial charge in [-0.3, -0.25) is 4.79 Å². The number of aromatic amines is 1. The summed E-state index contributed by atoms with van der Waals surface area (Å²) in [6, 6.07) is 5.95. The van der Waals surface area contributed by atoms with Crippen LogP contribution in [-0.4, -0.2) is 62.3 Å². The van der Waals surface area contributed by atoms with E-state index in [1.807, 2.05) is 12.1 Å². The Labute approximate surface area is 238 Å². The number of ether oxygens (including phenoxy) is 3. The Balaban J connectivity index is 1.31. The number of H-pyrrole nitrogens is 1. The molecule has 7 rings (SSSR count). The van der Waals surface area contributed by atoms with Crippen molar-refractivity contribution in [3.63, 3.8) is 0 Å². The van der Waals surface area contributed by atoms with Crippen LogP contribution in [0.2, 0.25) is 5.02 Å². The zero-order valence-corrected chi connectivity index (χ0v) is 24.3. The van der Waals surface area contributed by atoms with Gasteiger partial charge in [-0.2, -0.15) is 0 Å². The summed E-state index contributed by atoms with van der Waals surface area (Å²) in [5.74, 6) is -2.19. The third-order valence-corrected chi connectivity index (χ3v) is 11.4. The van der Waals surface area contributed by atoms with Gasteiger partial charge in [0, 0.05) is 44.4 Å². The van der Waals surface area contributed by atoms with Gasteiger partial charge in [-0.05, 0) is 76.1 Å². The first-order valence-corrected chi connectivity index (χ1v) is 14.5. The van der Waals surface area contributed by atoms with Crippen molar-refractivity contribution in [2.24, 2.45) is 11.3 Å². The highest BCUT2D eigenvalue weighted by atomic mass is 35.5. The van der Waals surface area contributed by atoms with E-state index in [1.54, 1.807) is 6.92 Å². The number of carbonyl (C=O) groups excluding carboxylic acids is 2. The number of aromatic nitrogens is 1. The zero-order valence-electron chi connectivity index (χ0n) is 23.5. The molecule has 3 fully saturated rings. The summed E-state index contributed by atoms with van der Waals surface area (Å²) in [6.07, 6.45) is 3.62. The number of esters is 1. The van der Waals surface area contributed by atoms with Crippen molar-refractivity contribution in [1.29, 1.82) is 0 Å². The van der Waals surface area contributed by atoms with Gasteiger partial charge in [0.05, 0.1) is 12.2 Å². The highest BCUT2D eigenvalue weighted by molar-refractivity contribution is 6.31. The van der Waals surface area contributed by atoms with E-state index in [-0.39, 0.29) is 12.4 Å². The molecule has 2 aliphatic heterocycles. The van der Waals surface area contributed by atoms with E-state index in [0.29, 0.717) is 35.8 Å². The van der Waals surface area contributed by atoms with Gasteiger partial charge in [-0.25, -0.2) is 4.79 Å². The van der Waals surface area contributed by atoms with Gasteiger partial charge in [0.2, 0.25) is 0 Å². The highest BCUT2D eigenvalue weighted by Gasteiger charge is 2.74. The number of halogens is 1. The van der Waals surface area contributed by atoms with E-state index in [0.717, 1.165) is 24.1 Å². The van der Waals surface area contributed by atoms with Crippen molar-refractivity contribution in [3.8, 4) is 0 Å². The van der Waals surface area contributed by atoms with Crippen molar-refractivity contribution in [2.75, 3.05) is 6.61 Å². The fourth-order valence-electron chi connectivity index (χ4n) is 8.69. The third kappa shape index (κ3) is 3.07. The number of benzene rings is 1. The molecule has 5 aliphatic rings. The second-order valence-electron chi connectivity index (χ2n) is 13.8. The first-order valence-electron chi connectivity index (χ1n) is 14.2. The second-order valence-corrected chi connectivity index (χ2v) is 14.2. The van der Waals surface area contributed by atoms with Crippen molar-refractivity contribution < 1.29 is 34.0 Å². The number of nitrogens with one attached hydrogen (secondary N) is 1. The average molecular weight is 570 g/mol. The molecule has 214 valence electrons. The summed E-state index contributed by atoms with van der Waals surface area (Å²) in [6.45, 7) is 8.55. The fraction of sp³-hybridized carbons (Fsp3) is 0.613. The minimum atomic E-state index is -1.74. The number of carbonyl (C=O) groups is 2. The molecular weight excluding hydrogens is 534 g/mol. The van der Waals surface area contributed by atoms with Crippen LogP contribution >= 0.6 is 11.6 Å². The molecule has 3 heterocycles. The van der Waals surface area contributed by atoms with E-state index in [9.17, 15) is 19.8 Å². The Kier molecular flexibility index (Phi) is 5.18. The molecule has 2 aromatic rings. The monoisotopic (exact) mass is 569 g/mol. The van der Waals surface area contributed by atoms with Crippen LogP contribution in [-0.2, 0) is 35.6 Å². The lowest BCUT2D eigenvalue weighted by Crippen LogP contribution is -2.74. The van der Waals surface area contributed by atoms with Gasteiger partial charge in [0.1, 0.15) is 0 Å². The quantitative estimate of drug-likeness (QED) is 0.462. The molecule has 1 aromatic heterocycles. The van der Waals surface area contributed by atoms with Crippen LogP contribution in [0, 0.1) is 11.3 Å². The summed E-state index contributed by atoms with van der Waals surface area (Å²) >= 11 is 6.32. The van der Waals surface area contributed by atoms with Crippen molar-refractivity contribution >= 4 is 34.3 Å². The lowest BCUT2D eigenvalue weighted by molar-refractivity contribution is -0.351. The molecule has 40 heavy (non-hydrogen) atoms. The predicted molar refractivity (Wildman–Crippen MR) is 147 cm³/mol. The second kappa shape index (κ2) is 7.78. The number of rotatable bonds is 2. The summed E-state index contributed by atoms with van der Waals surface area (Å²) < 4.78 is 18.4. The Morgan fingerprint density at radius 3 is 2.67 bits per heavy atom. The fourth-order valence-corrected chi connectivity index (χ4v) is 8.86. The summed E-state index contributed by atoms with van der Waals surface area (Å²) in [7, 11) is 0. The minimum Gasteiger partial charge on any atom is -0.451 e. The first-order chi connectivity index (χ1) is 18.6. The van der Waals surface area contributed by atoms with E-state index >= 15 is 0 Å². The van der Waals surface area contributed by atoms with Crippen LogP contribution in [0.4, 0.5) is 0 Å². The summed E-state index contributed by atoms with van der Waals surface area (Å²) in [5, 5.41) is 24.8.